The second-order valence-electron chi connectivity index (χ2n) is 6.75. The highest BCUT2D eigenvalue weighted by Gasteiger charge is 2.24. The zero-order chi connectivity index (χ0) is 19.9. The number of guanidine groups is 1. The van der Waals surface area contributed by atoms with Crippen molar-refractivity contribution < 1.29 is 13.9 Å². The average Bonchev–Trinajstić information content (AvgIpc) is 2.69. The molecule has 0 spiro atoms. The van der Waals surface area contributed by atoms with Crippen molar-refractivity contribution in [3.8, 4) is 5.75 Å². The predicted molar refractivity (Wildman–Crippen MR) is 124 cm³/mol. The van der Waals surface area contributed by atoms with Crippen LogP contribution in [-0.4, -0.2) is 38.1 Å². The first-order valence-corrected chi connectivity index (χ1v) is 9.30. The van der Waals surface area contributed by atoms with Gasteiger partial charge >= 0.3 is 0 Å². The Morgan fingerprint density at radius 1 is 1.24 bits per heavy atom. The van der Waals surface area contributed by atoms with Gasteiger partial charge in [0.25, 0.3) is 0 Å². The zero-order valence-corrected chi connectivity index (χ0v) is 18.8. The molecule has 3 N–H and O–H groups in total. The molecule has 0 aliphatic carbocycles. The standard InChI is InChI=1S/C21H25FN4O2.HI/c1-14(28-17-9-7-16(22)8-10-17)12-24-21(23-2)25-13-15-11-20(27)26-19-6-4-3-5-18(15)19;/h3-10,14-15H,11-13H2,1-2H3,(H,26,27)(H2,23,24,25);1H. The molecular weight excluding hydrogens is 486 g/mol. The Bertz CT molecular complexity index is 845. The molecule has 1 heterocycles. The number of halogens is 2. The minimum Gasteiger partial charge on any atom is -0.489 e. The molecule has 156 valence electrons. The van der Waals surface area contributed by atoms with Gasteiger partial charge in [-0.15, -0.1) is 24.0 Å². The van der Waals surface area contributed by atoms with E-state index in [1.54, 1.807) is 19.2 Å². The van der Waals surface area contributed by atoms with E-state index >= 15 is 0 Å². The quantitative estimate of drug-likeness (QED) is 0.315. The third-order valence-corrected chi connectivity index (χ3v) is 4.55. The molecule has 0 fully saturated rings. The minimum atomic E-state index is -0.291. The molecular formula is C21H26FIN4O2. The average molecular weight is 512 g/mol. The molecule has 0 saturated carbocycles. The second kappa shape index (κ2) is 11.0. The van der Waals surface area contributed by atoms with Gasteiger partial charge in [0.15, 0.2) is 5.96 Å². The van der Waals surface area contributed by atoms with Gasteiger partial charge in [0.1, 0.15) is 17.7 Å². The van der Waals surface area contributed by atoms with E-state index in [9.17, 15) is 9.18 Å². The van der Waals surface area contributed by atoms with Gasteiger partial charge < -0.3 is 20.7 Å². The van der Waals surface area contributed by atoms with Crippen LogP contribution >= 0.6 is 24.0 Å². The Balaban J connectivity index is 0.00000300. The van der Waals surface area contributed by atoms with Gasteiger partial charge in [-0.1, -0.05) is 18.2 Å². The number of anilines is 1. The zero-order valence-electron chi connectivity index (χ0n) is 16.4. The molecule has 2 aromatic carbocycles. The van der Waals surface area contributed by atoms with Crippen molar-refractivity contribution in [3.05, 3.63) is 59.9 Å². The van der Waals surface area contributed by atoms with Crippen LogP contribution in [0.25, 0.3) is 0 Å². The van der Waals surface area contributed by atoms with E-state index in [2.05, 4.69) is 20.9 Å². The molecule has 0 aromatic heterocycles. The number of hydrogen-bond acceptors (Lipinski definition) is 3. The van der Waals surface area contributed by atoms with Crippen LogP contribution < -0.4 is 20.7 Å². The molecule has 8 heteroatoms. The summed E-state index contributed by atoms with van der Waals surface area (Å²) in [5.74, 6) is 1.06. The van der Waals surface area contributed by atoms with Crippen LogP contribution in [0.15, 0.2) is 53.5 Å². The van der Waals surface area contributed by atoms with Crippen LogP contribution in [-0.2, 0) is 4.79 Å². The summed E-state index contributed by atoms with van der Waals surface area (Å²) in [6, 6.07) is 13.8. The van der Waals surface area contributed by atoms with Crippen molar-refractivity contribution in [3.63, 3.8) is 0 Å². The Hall–Kier alpha value is -2.36. The maximum atomic E-state index is 13.0. The topological polar surface area (TPSA) is 74.8 Å². The first kappa shape index (κ1) is 22.9. The molecule has 0 bridgehead atoms. The SMILES string of the molecule is CN=C(NCC(C)Oc1ccc(F)cc1)NCC1CC(=O)Nc2ccccc21.I. The van der Waals surface area contributed by atoms with Crippen LogP contribution in [0.2, 0.25) is 0 Å². The lowest BCUT2D eigenvalue weighted by atomic mass is 9.90. The molecule has 3 rings (SSSR count). The number of benzene rings is 2. The summed E-state index contributed by atoms with van der Waals surface area (Å²) in [7, 11) is 1.70. The minimum absolute atomic E-state index is 0. The fourth-order valence-electron chi connectivity index (χ4n) is 3.15. The van der Waals surface area contributed by atoms with E-state index in [1.807, 2.05) is 31.2 Å². The van der Waals surface area contributed by atoms with Gasteiger partial charge in [-0.25, -0.2) is 4.39 Å². The van der Waals surface area contributed by atoms with E-state index in [4.69, 9.17) is 4.74 Å². The van der Waals surface area contributed by atoms with E-state index in [0.717, 1.165) is 11.3 Å². The van der Waals surface area contributed by atoms with Crippen molar-refractivity contribution >= 4 is 41.5 Å². The molecule has 2 atom stereocenters. The number of aliphatic imine (C=N–C) groups is 1. The predicted octanol–water partition coefficient (Wildman–Crippen LogP) is 3.50. The lowest BCUT2D eigenvalue weighted by Crippen LogP contribution is -2.43. The monoisotopic (exact) mass is 512 g/mol. The summed E-state index contributed by atoms with van der Waals surface area (Å²) < 4.78 is 18.7. The molecule has 6 nitrogen and oxygen atoms in total. The number of rotatable bonds is 6. The van der Waals surface area contributed by atoms with E-state index in [-0.39, 0.29) is 47.7 Å². The maximum absolute atomic E-state index is 13.0. The highest BCUT2D eigenvalue weighted by atomic mass is 127. The number of ether oxygens (including phenoxy) is 1. The van der Waals surface area contributed by atoms with Gasteiger partial charge in [-0.2, -0.15) is 0 Å². The normalized spacial score (nSPS) is 16.7. The molecule has 0 radical (unpaired) electrons. The first-order chi connectivity index (χ1) is 13.5. The number of carbonyl (C=O) groups is 1. The van der Waals surface area contributed by atoms with Crippen LogP contribution in [0.1, 0.15) is 24.8 Å². The van der Waals surface area contributed by atoms with E-state index < -0.39 is 0 Å². The molecule has 2 aromatic rings. The summed E-state index contributed by atoms with van der Waals surface area (Å²) >= 11 is 0. The van der Waals surface area contributed by atoms with E-state index in [0.29, 0.717) is 31.2 Å². The number of carbonyl (C=O) groups excluding carboxylic acids is 1. The molecule has 1 amide bonds. The smallest absolute Gasteiger partial charge is 0.225 e. The van der Waals surface area contributed by atoms with Gasteiger partial charge in [-0.3, -0.25) is 9.79 Å². The fraction of sp³-hybridized carbons (Fsp3) is 0.333. The summed E-state index contributed by atoms with van der Waals surface area (Å²) in [5, 5.41) is 9.40. The van der Waals surface area contributed by atoms with Gasteiger partial charge in [0.2, 0.25) is 5.91 Å². The fourth-order valence-corrected chi connectivity index (χ4v) is 3.15. The molecule has 0 saturated heterocycles. The highest BCUT2D eigenvalue weighted by Crippen LogP contribution is 2.31. The van der Waals surface area contributed by atoms with Crippen molar-refractivity contribution in [2.24, 2.45) is 4.99 Å². The van der Waals surface area contributed by atoms with Crippen LogP contribution in [0, 0.1) is 5.82 Å². The van der Waals surface area contributed by atoms with Crippen LogP contribution in [0.3, 0.4) is 0 Å². The maximum Gasteiger partial charge on any atom is 0.225 e. The Labute approximate surface area is 187 Å². The number of hydrogen-bond donors (Lipinski definition) is 3. The first-order valence-electron chi connectivity index (χ1n) is 9.30. The second-order valence-corrected chi connectivity index (χ2v) is 6.75. The largest absolute Gasteiger partial charge is 0.489 e. The molecule has 1 aliphatic heterocycles. The third kappa shape index (κ3) is 6.59. The van der Waals surface area contributed by atoms with Crippen molar-refractivity contribution in [2.75, 3.05) is 25.5 Å². The van der Waals surface area contributed by atoms with Crippen LogP contribution in [0.4, 0.5) is 10.1 Å². The van der Waals surface area contributed by atoms with Crippen molar-refractivity contribution in [2.45, 2.75) is 25.4 Å². The number of para-hydroxylation sites is 1. The molecule has 29 heavy (non-hydrogen) atoms. The Morgan fingerprint density at radius 3 is 2.69 bits per heavy atom. The molecule has 2 unspecified atom stereocenters. The van der Waals surface area contributed by atoms with Gasteiger partial charge in [0, 0.05) is 31.6 Å². The summed E-state index contributed by atoms with van der Waals surface area (Å²) in [6.07, 6.45) is 0.302. The highest BCUT2D eigenvalue weighted by molar-refractivity contribution is 14.0. The molecule has 1 aliphatic rings. The lowest BCUT2D eigenvalue weighted by molar-refractivity contribution is -0.116. The van der Waals surface area contributed by atoms with Crippen molar-refractivity contribution in [1.29, 1.82) is 0 Å². The summed E-state index contributed by atoms with van der Waals surface area (Å²) in [5.41, 5.74) is 1.99. The third-order valence-electron chi connectivity index (χ3n) is 4.55. The Morgan fingerprint density at radius 2 is 1.97 bits per heavy atom. The van der Waals surface area contributed by atoms with Gasteiger partial charge in [0.05, 0.1) is 6.54 Å². The van der Waals surface area contributed by atoms with Crippen LogP contribution in [0.5, 0.6) is 5.75 Å². The van der Waals surface area contributed by atoms with E-state index in [1.165, 1.54) is 12.1 Å². The number of fused-ring (bicyclic) bond motifs is 1. The summed E-state index contributed by atoms with van der Waals surface area (Å²) in [4.78, 5) is 16.2. The lowest BCUT2D eigenvalue weighted by Gasteiger charge is -2.26. The van der Waals surface area contributed by atoms with Gasteiger partial charge in [-0.05, 0) is 42.8 Å². The Kier molecular flexibility index (Phi) is 8.69. The summed E-state index contributed by atoms with van der Waals surface area (Å²) in [6.45, 7) is 3.04. The van der Waals surface area contributed by atoms with Crippen molar-refractivity contribution in [1.82, 2.24) is 10.6 Å². The number of amides is 1. The number of nitrogens with one attached hydrogen (secondary N) is 3. The number of nitrogens with zero attached hydrogens (tertiary/aromatic N) is 1.